The maximum atomic E-state index is 12.6. The van der Waals surface area contributed by atoms with Crippen LogP contribution in [0.25, 0.3) is 0 Å². The number of esters is 1. The highest BCUT2D eigenvalue weighted by atomic mass is 32.1. The molecular weight excluding hydrogens is 262 g/mol. The Hall–Kier alpha value is -1.36. The Morgan fingerprint density at radius 1 is 1.53 bits per heavy atom. The molecule has 1 aliphatic carbocycles. The van der Waals surface area contributed by atoms with Crippen molar-refractivity contribution in [3.05, 3.63) is 21.9 Å². The number of ether oxygens (including phenoxy) is 1. The second-order valence-corrected chi connectivity index (χ2v) is 5.67. The summed E-state index contributed by atoms with van der Waals surface area (Å²) in [5.74, 6) is -0.400. The lowest BCUT2D eigenvalue weighted by Gasteiger charge is -2.28. The van der Waals surface area contributed by atoms with Gasteiger partial charge in [0.2, 0.25) is 5.91 Å². The van der Waals surface area contributed by atoms with E-state index in [0.29, 0.717) is 6.54 Å². The fourth-order valence-corrected chi connectivity index (χ4v) is 3.52. The largest absolute Gasteiger partial charge is 0.468 e. The number of rotatable bonds is 4. The Kier molecular flexibility index (Phi) is 4.58. The number of hydrogen-bond acceptors (Lipinski definition) is 4. The fourth-order valence-electron chi connectivity index (χ4n) is 2.53. The molecule has 0 saturated heterocycles. The first kappa shape index (κ1) is 14.1. The minimum atomic E-state index is -0.364. The third-order valence-corrected chi connectivity index (χ3v) is 4.59. The molecule has 1 unspecified atom stereocenters. The van der Waals surface area contributed by atoms with Gasteiger partial charge >= 0.3 is 5.97 Å². The molecule has 19 heavy (non-hydrogen) atoms. The number of aryl methyl sites for hydroxylation is 1. The van der Waals surface area contributed by atoms with Crippen molar-refractivity contribution in [3.63, 3.8) is 0 Å². The van der Waals surface area contributed by atoms with E-state index in [1.165, 1.54) is 12.0 Å². The van der Waals surface area contributed by atoms with Crippen LogP contribution in [0.2, 0.25) is 0 Å². The van der Waals surface area contributed by atoms with Gasteiger partial charge in [0.15, 0.2) is 0 Å². The van der Waals surface area contributed by atoms with Crippen molar-refractivity contribution >= 4 is 23.2 Å². The molecule has 1 aromatic rings. The van der Waals surface area contributed by atoms with Crippen LogP contribution in [0.3, 0.4) is 0 Å². The summed E-state index contributed by atoms with van der Waals surface area (Å²) >= 11 is 1.72. The molecule has 1 aliphatic rings. The van der Waals surface area contributed by atoms with Gasteiger partial charge in [0.05, 0.1) is 13.0 Å². The lowest BCUT2D eigenvalue weighted by atomic mass is 9.86. The minimum Gasteiger partial charge on any atom is -0.468 e. The summed E-state index contributed by atoms with van der Waals surface area (Å²) in [7, 11) is 1.35. The first-order valence-electron chi connectivity index (χ1n) is 6.59. The molecule has 104 valence electrons. The van der Waals surface area contributed by atoms with Crippen molar-refractivity contribution in [2.75, 3.05) is 20.2 Å². The third-order valence-electron chi connectivity index (χ3n) is 3.59. The average molecular weight is 281 g/mol. The van der Waals surface area contributed by atoms with E-state index in [2.05, 4.69) is 4.74 Å². The zero-order chi connectivity index (χ0) is 13.8. The molecule has 1 amide bonds. The number of thiophene rings is 1. The van der Waals surface area contributed by atoms with Crippen LogP contribution in [0, 0.1) is 0 Å². The SMILES string of the molecule is CCN(CC(=O)OC)C(=O)C1CCCc2sccc21. The first-order chi connectivity index (χ1) is 9.17. The lowest BCUT2D eigenvalue weighted by molar-refractivity contribution is -0.147. The number of fused-ring (bicyclic) bond motifs is 1. The topological polar surface area (TPSA) is 46.6 Å². The molecule has 1 aromatic heterocycles. The van der Waals surface area contributed by atoms with Crippen molar-refractivity contribution < 1.29 is 14.3 Å². The van der Waals surface area contributed by atoms with E-state index in [9.17, 15) is 9.59 Å². The number of carbonyl (C=O) groups excluding carboxylic acids is 2. The molecule has 0 aromatic carbocycles. The first-order valence-corrected chi connectivity index (χ1v) is 7.47. The van der Waals surface area contributed by atoms with Crippen LogP contribution >= 0.6 is 11.3 Å². The molecular formula is C14H19NO3S. The summed E-state index contributed by atoms with van der Waals surface area (Å²) in [4.78, 5) is 26.8. The average Bonchev–Trinajstić information content (AvgIpc) is 2.91. The quantitative estimate of drug-likeness (QED) is 0.795. The maximum absolute atomic E-state index is 12.6. The van der Waals surface area contributed by atoms with E-state index >= 15 is 0 Å². The van der Waals surface area contributed by atoms with Crippen molar-refractivity contribution in [2.45, 2.75) is 32.1 Å². The zero-order valence-electron chi connectivity index (χ0n) is 11.3. The predicted molar refractivity (Wildman–Crippen MR) is 74.3 cm³/mol. The molecule has 0 saturated carbocycles. The lowest BCUT2D eigenvalue weighted by Crippen LogP contribution is -2.39. The zero-order valence-corrected chi connectivity index (χ0v) is 12.2. The van der Waals surface area contributed by atoms with Crippen molar-refractivity contribution in [1.82, 2.24) is 4.90 Å². The van der Waals surface area contributed by atoms with E-state index < -0.39 is 0 Å². The number of amides is 1. The molecule has 1 heterocycles. The van der Waals surface area contributed by atoms with Gasteiger partial charge in [-0.15, -0.1) is 11.3 Å². The Balaban J connectivity index is 2.13. The Bertz CT molecular complexity index is 469. The summed E-state index contributed by atoms with van der Waals surface area (Å²) in [5, 5.41) is 2.05. The molecule has 0 spiro atoms. The predicted octanol–water partition coefficient (Wildman–Crippen LogP) is 2.19. The van der Waals surface area contributed by atoms with Gasteiger partial charge in [-0.25, -0.2) is 0 Å². The molecule has 0 radical (unpaired) electrons. The second kappa shape index (κ2) is 6.19. The third kappa shape index (κ3) is 2.97. The fraction of sp³-hybridized carbons (Fsp3) is 0.571. The summed E-state index contributed by atoms with van der Waals surface area (Å²) < 4.78 is 4.64. The van der Waals surface area contributed by atoms with Gasteiger partial charge in [0.1, 0.15) is 6.54 Å². The Morgan fingerprint density at radius 3 is 3.00 bits per heavy atom. The Morgan fingerprint density at radius 2 is 2.32 bits per heavy atom. The van der Waals surface area contributed by atoms with Crippen molar-refractivity contribution in [3.8, 4) is 0 Å². The van der Waals surface area contributed by atoms with E-state index in [-0.39, 0.29) is 24.3 Å². The van der Waals surface area contributed by atoms with E-state index in [0.717, 1.165) is 24.8 Å². The van der Waals surface area contributed by atoms with Gasteiger partial charge in [-0.3, -0.25) is 9.59 Å². The highest BCUT2D eigenvalue weighted by molar-refractivity contribution is 7.10. The molecule has 0 bridgehead atoms. The van der Waals surface area contributed by atoms with Crippen LogP contribution < -0.4 is 0 Å². The summed E-state index contributed by atoms with van der Waals surface area (Å²) in [5.41, 5.74) is 1.16. The van der Waals surface area contributed by atoms with Gasteiger partial charge in [0, 0.05) is 11.4 Å². The maximum Gasteiger partial charge on any atom is 0.325 e. The standard InChI is InChI=1S/C14H19NO3S/c1-3-15(9-13(16)18-2)14(17)11-5-4-6-12-10(11)7-8-19-12/h7-8,11H,3-6,9H2,1-2H3. The van der Waals surface area contributed by atoms with Gasteiger partial charge in [-0.1, -0.05) is 0 Å². The molecule has 1 atom stereocenters. The summed E-state index contributed by atoms with van der Waals surface area (Å²) in [6, 6.07) is 2.05. The number of methoxy groups -OCH3 is 1. The Labute approximate surface area is 117 Å². The van der Waals surface area contributed by atoms with E-state index in [1.54, 1.807) is 16.2 Å². The summed E-state index contributed by atoms with van der Waals surface area (Å²) in [6.45, 7) is 2.46. The van der Waals surface area contributed by atoms with Gasteiger partial charge in [0.25, 0.3) is 0 Å². The van der Waals surface area contributed by atoms with Gasteiger partial charge < -0.3 is 9.64 Å². The molecule has 0 N–H and O–H groups in total. The number of hydrogen-bond donors (Lipinski definition) is 0. The number of likely N-dealkylation sites (N-methyl/N-ethyl adjacent to an activating group) is 1. The van der Waals surface area contributed by atoms with Crippen LogP contribution in [0.1, 0.15) is 36.1 Å². The van der Waals surface area contributed by atoms with Gasteiger partial charge in [-0.2, -0.15) is 0 Å². The van der Waals surface area contributed by atoms with Crippen LogP contribution in [0.4, 0.5) is 0 Å². The van der Waals surface area contributed by atoms with Crippen LogP contribution in [-0.4, -0.2) is 37.0 Å². The van der Waals surface area contributed by atoms with E-state index in [4.69, 9.17) is 0 Å². The highest BCUT2D eigenvalue weighted by Gasteiger charge is 2.30. The second-order valence-electron chi connectivity index (χ2n) is 4.67. The van der Waals surface area contributed by atoms with Gasteiger partial charge in [-0.05, 0) is 43.2 Å². The molecule has 2 rings (SSSR count). The molecule has 0 aliphatic heterocycles. The van der Waals surface area contributed by atoms with Crippen molar-refractivity contribution in [1.29, 1.82) is 0 Å². The smallest absolute Gasteiger partial charge is 0.325 e. The minimum absolute atomic E-state index is 0.0435. The van der Waals surface area contributed by atoms with E-state index in [1.807, 2.05) is 18.4 Å². The number of nitrogens with zero attached hydrogens (tertiary/aromatic N) is 1. The normalized spacial score (nSPS) is 17.7. The highest BCUT2D eigenvalue weighted by Crippen LogP contribution is 2.36. The summed E-state index contributed by atoms with van der Waals surface area (Å²) in [6.07, 6.45) is 2.99. The monoisotopic (exact) mass is 281 g/mol. The van der Waals surface area contributed by atoms with Crippen LogP contribution in [0.15, 0.2) is 11.4 Å². The number of carbonyl (C=O) groups is 2. The van der Waals surface area contributed by atoms with Crippen molar-refractivity contribution in [2.24, 2.45) is 0 Å². The molecule has 5 heteroatoms. The molecule has 4 nitrogen and oxygen atoms in total. The molecule has 0 fully saturated rings. The van der Waals surface area contributed by atoms with Crippen LogP contribution in [-0.2, 0) is 20.7 Å². The van der Waals surface area contributed by atoms with Crippen LogP contribution in [0.5, 0.6) is 0 Å².